The average molecular weight is 283 g/mol. The topological polar surface area (TPSA) is 94.1 Å². The number of carbonyl (C=O) groups excluding carboxylic acids is 1. The van der Waals surface area contributed by atoms with Crippen molar-refractivity contribution in [2.75, 3.05) is 27.4 Å². The van der Waals surface area contributed by atoms with E-state index >= 15 is 0 Å². The fourth-order valence-electron chi connectivity index (χ4n) is 1.40. The number of methoxy groups -OCH3 is 2. The van der Waals surface area contributed by atoms with Crippen LogP contribution in [0, 0.1) is 0 Å². The molecule has 1 atom stereocenters. The summed E-state index contributed by atoms with van der Waals surface area (Å²) in [6.45, 7) is -0.385. The van der Waals surface area contributed by atoms with Gasteiger partial charge in [-0.05, 0) is 24.3 Å². The van der Waals surface area contributed by atoms with Gasteiger partial charge in [-0.3, -0.25) is 4.79 Å². The number of hydrogen-bond acceptors (Lipinski definition) is 5. The molecule has 110 valence electrons. The highest BCUT2D eigenvalue weighted by atomic mass is 16.5. The van der Waals surface area contributed by atoms with Crippen LogP contribution in [-0.2, 0) is 14.3 Å². The summed E-state index contributed by atoms with van der Waals surface area (Å²) in [4.78, 5) is 22.4. The Kier molecular flexibility index (Phi) is 6.31. The Morgan fingerprint density at radius 1 is 1.20 bits per heavy atom. The molecule has 0 aromatic heterocycles. The van der Waals surface area contributed by atoms with Crippen molar-refractivity contribution in [1.82, 2.24) is 5.32 Å². The minimum Gasteiger partial charge on any atom is -0.497 e. The molecule has 0 saturated carbocycles. The molecule has 1 aromatic rings. The second kappa shape index (κ2) is 8.00. The minimum atomic E-state index is -1.16. The molecule has 0 saturated heterocycles. The van der Waals surface area contributed by atoms with Crippen LogP contribution in [0.4, 0.5) is 0 Å². The molecule has 0 radical (unpaired) electrons. The molecule has 7 nitrogen and oxygen atoms in total. The molecule has 1 unspecified atom stereocenters. The zero-order valence-corrected chi connectivity index (χ0v) is 11.3. The van der Waals surface area contributed by atoms with E-state index in [1.54, 1.807) is 31.4 Å². The lowest BCUT2D eigenvalue weighted by atomic mass is 10.3. The lowest BCUT2D eigenvalue weighted by Gasteiger charge is -2.13. The third kappa shape index (κ3) is 5.15. The van der Waals surface area contributed by atoms with Crippen LogP contribution in [0.3, 0.4) is 0 Å². The first kappa shape index (κ1) is 15.8. The van der Waals surface area contributed by atoms with Gasteiger partial charge in [0.1, 0.15) is 11.5 Å². The lowest BCUT2D eigenvalue weighted by molar-refractivity contribution is -0.143. The molecular weight excluding hydrogens is 266 g/mol. The lowest BCUT2D eigenvalue weighted by Crippen LogP contribution is -2.45. The first-order valence-corrected chi connectivity index (χ1v) is 5.84. The molecule has 1 amide bonds. The van der Waals surface area contributed by atoms with Gasteiger partial charge >= 0.3 is 5.97 Å². The Labute approximate surface area is 116 Å². The van der Waals surface area contributed by atoms with Crippen molar-refractivity contribution >= 4 is 11.9 Å². The standard InChI is InChI=1S/C13H17NO6/c1-18-7-11(13(16)17)14-12(15)8-20-10-5-3-9(19-2)4-6-10/h3-6,11H,7-8H2,1-2H3,(H,14,15)(H,16,17). The molecule has 0 bridgehead atoms. The van der Waals surface area contributed by atoms with Crippen molar-refractivity contribution in [1.29, 1.82) is 0 Å². The fourth-order valence-corrected chi connectivity index (χ4v) is 1.40. The molecule has 0 aliphatic carbocycles. The summed E-state index contributed by atoms with van der Waals surface area (Å²) in [5.41, 5.74) is 0. The van der Waals surface area contributed by atoms with Crippen molar-refractivity contribution in [3.05, 3.63) is 24.3 Å². The van der Waals surface area contributed by atoms with E-state index in [9.17, 15) is 9.59 Å². The Bertz CT molecular complexity index is 445. The zero-order valence-electron chi connectivity index (χ0n) is 11.3. The smallest absolute Gasteiger partial charge is 0.328 e. The highest BCUT2D eigenvalue weighted by molar-refractivity contribution is 5.84. The highest BCUT2D eigenvalue weighted by Gasteiger charge is 2.19. The van der Waals surface area contributed by atoms with Crippen molar-refractivity contribution in [2.24, 2.45) is 0 Å². The largest absolute Gasteiger partial charge is 0.497 e. The van der Waals surface area contributed by atoms with Gasteiger partial charge in [0.2, 0.25) is 0 Å². The summed E-state index contributed by atoms with van der Waals surface area (Å²) in [7, 11) is 2.90. The monoisotopic (exact) mass is 283 g/mol. The van der Waals surface area contributed by atoms with E-state index in [-0.39, 0.29) is 13.2 Å². The summed E-state index contributed by atoms with van der Waals surface area (Å²) in [6.07, 6.45) is 0. The number of nitrogens with one attached hydrogen (secondary N) is 1. The van der Waals surface area contributed by atoms with Crippen molar-refractivity contribution in [3.8, 4) is 11.5 Å². The van der Waals surface area contributed by atoms with Gasteiger partial charge in [0.15, 0.2) is 12.6 Å². The maximum absolute atomic E-state index is 11.5. The summed E-state index contributed by atoms with van der Waals surface area (Å²) < 4.78 is 14.9. The van der Waals surface area contributed by atoms with Gasteiger partial charge in [-0.2, -0.15) is 0 Å². The molecule has 0 fully saturated rings. The third-order valence-corrected chi connectivity index (χ3v) is 2.40. The van der Waals surface area contributed by atoms with Crippen LogP contribution in [0.25, 0.3) is 0 Å². The van der Waals surface area contributed by atoms with E-state index in [2.05, 4.69) is 5.32 Å². The quantitative estimate of drug-likeness (QED) is 0.712. The molecule has 2 N–H and O–H groups in total. The van der Waals surface area contributed by atoms with E-state index in [0.717, 1.165) is 0 Å². The Hall–Kier alpha value is -2.28. The summed E-state index contributed by atoms with van der Waals surface area (Å²) in [6, 6.07) is 5.59. The second-order valence-corrected chi connectivity index (χ2v) is 3.88. The van der Waals surface area contributed by atoms with Gasteiger partial charge in [0, 0.05) is 7.11 Å². The van der Waals surface area contributed by atoms with Gasteiger partial charge in [-0.15, -0.1) is 0 Å². The maximum Gasteiger partial charge on any atom is 0.328 e. The number of ether oxygens (including phenoxy) is 3. The number of hydrogen-bond donors (Lipinski definition) is 2. The summed E-state index contributed by atoms with van der Waals surface area (Å²) in [5.74, 6) is -0.540. The Balaban J connectivity index is 2.43. The number of amides is 1. The molecule has 7 heteroatoms. The van der Waals surface area contributed by atoms with E-state index in [4.69, 9.17) is 19.3 Å². The second-order valence-electron chi connectivity index (χ2n) is 3.88. The van der Waals surface area contributed by atoms with Crippen LogP contribution in [-0.4, -0.2) is 50.5 Å². The molecule has 1 aromatic carbocycles. The van der Waals surface area contributed by atoms with Gasteiger partial charge in [-0.25, -0.2) is 4.79 Å². The Morgan fingerprint density at radius 3 is 2.30 bits per heavy atom. The van der Waals surface area contributed by atoms with E-state index in [1.807, 2.05) is 0 Å². The molecule has 0 aliphatic heterocycles. The first-order valence-electron chi connectivity index (χ1n) is 5.84. The SMILES string of the molecule is COCC(NC(=O)COc1ccc(OC)cc1)C(=O)O. The number of carboxylic acid groups (broad SMARTS) is 1. The van der Waals surface area contributed by atoms with E-state index in [1.165, 1.54) is 7.11 Å². The van der Waals surface area contributed by atoms with Crippen LogP contribution >= 0.6 is 0 Å². The maximum atomic E-state index is 11.5. The zero-order chi connectivity index (χ0) is 15.0. The van der Waals surface area contributed by atoms with Crippen molar-refractivity contribution < 1.29 is 28.9 Å². The van der Waals surface area contributed by atoms with Crippen LogP contribution in [0.1, 0.15) is 0 Å². The predicted octanol–water partition coefficient (Wildman–Crippen LogP) is 0.290. The van der Waals surface area contributed by atoms with Gasteiger partial charge in [0.25, 0.3) is 5.91 Å². The van der Waals surface area contributed by atoms with Crippen LogP contribution in [0.5, 0.6) is 11.5 Å². The van der Waals surface area contributed by atoms with Crippen LogP contribution in [0.2, 0.25) is 0 Å². The predicted molar refractivity (Wildman–Crippen MR) is 69.9 cm³/mol. The van der Waals surface area contributed by atoms with Gasteiger partial charge < -0.3 is 24.6 Å². The van der Waals surface area contributed by atoms with Gasteiger partial charge in [0.05, 0.1) is 13.7 Å². The highest BCUT2D eigenvalue weighted by Crippen LogP contribution is 2.16. The van der Waals surface area contributed by atoms with Gasteiger partial charge in [-0.1, -0.05) is 0 Å². The van der Waals surface area contributed by atoms with E-state index in [0.29, 0.717) is 11.5 Å². The van der Waals surface area contributed by atoms with Crippen molar-refractivity contribution in [3.63, 3.8) is 0 Å². The molecule has 20 heavy (non-hydrogen) atoms. The summed E-state index contributed by atoms with van der Waals surface area (Å²) in [5, 5.41) is 11.1. The molecule has 0 spiro atoms. The van der Waals surface area contributed by atoms with E-state index < -0.39 is 17.9 Å². The van der Waals surface area contributed by atoms with Crippen LogP contribution < -0.4 is 14.8 Å². The molecular formula is C13H17NO6. The fraction of sp³-hybridized carbons (Fsp3) is 0.385. The molecule has 0 heterocycles. The normalized spacial score (nSPS) is 11.5. The number of carbonyl (C=O) groups is 2. The van der Waals surface area contributed by atoms with Crippen LogP contribution in [0.15, 0.2) is 24.3 Å². The average Bonchev–Trinajstić information content (AvgIpc) is 2.45. The molecule has 0 aliphatic rings. The first-order chi connectivity index (χ1) is 9.56. The third-order valence-electron chi connectivity index (χ3n) is 2.40. The molecule has 1 rings (SSSR count). The number of benzene rings is 1. The number of carboxylic acids is 1. The summed E-state index contributed by atoms with van der Waals surface area (Å²) >= 11 is 0. The number of aliphatic carboxylic acids is 1. The minimum absolute atomic E-state index is 0.108. The Morgan fingerprint density at radius 2 is 1.80 bits per heavy atom. The number of rotatable bonds is 8. The van der Waals surface area contributed by atoms with Crippen molar-refractivity contribution in [2.45, 2.75) is 6.04 Å².